The molecule has 1 aliphatic heterocycles. The van der Waals surface area contributed by atoms with Crippen LogP contribution in [0.2, 0.25) is 0 Å². The van der Waals surface area contributed by atoms with E-state index in [0.717, 1.165) is 47.5 Å². The average molecular weight is 338 g/mol. The third kappa shape index (κ3) is 4.03. The third-order valence-electron chi connectivity index (χ3n) is 4.59. The van der Waals surface area contributed by atoms with Gasteiger partial charge < -0.3 is 19.0 Å². The lowest BCUT2D eigenvalue weighted by atomic mass is 10.0. The number of hydrogen-bond acceptors (Lipinski definition) is 4. The van der Waals surface area contributed by atoms with Gasteiger partial charge in [0, 0.05) is 29.5 Å². The molecule has 3 aromatic rings. The van der Waals surface area contributed by atoms with Crippen molar-refractivity contribution in [1.29, 1.82) is 0 Å². The van der Waals surface area contributed by atoms with Gasteiger partial charge >= 0.3 is 0 Å². The van der Waals surface area contributed by atoms with Crippen molar-refractivity contribution in [3.8, 4) is 17.1 Å². The highest BCUT2D eigenvalue weighted by Gasteiger charge is 2.23. The Bertz CT molecular complexity index is 820. The molecule has 0 aliphatic carbocycles. The van der Waals surface area contributed by atoms with E-state index in [2.05, 4.69) is 0 Å². The summed E-state index contributed by atoms with van der Waals surface area (Å²) >= 11 is 0. The second kappa shape index (κ2) is 7.30. The first-order valence-corrected chi connectivity index (χ1v) is 8.76. The van der Waals surface area contributed by atoms with E-state index in [1.165, 1.54) is 0 Å². The van der Waals surface area contributed by atoms with Crippen LogP contribution in [0.1, 0.15) is 12.8 Å². The van der Waals surface area contributed by atoms with Crippen LogP contribution in [0.3, 0.4) is 0 Å². The molecule has 0 radical (unpaired) electrons. The lowest BCUT2D eigenvalue weighted by molar-refractivity contribution is 0.152. The number of aliphatic hydroxyl groups excluding tert-OH is 1. The van der Waals surface area contributed by atoms with Crippen molar-refractivity contribution in [2.45, 2.75) is 18.9 Å². The van der Waals surface area contributed by atoms with Gasteiger partial charge in [-0.25, -0.2) is 0 Å². The minimum Gasteiger partial charge on any atom is -0.493 e. The summed E-state index contributed by atoms with van der Waals surface area (Å²) in [5, 5.41) is 10.6. The fourth-order valence-corrected chi connectivity index (χ4v) is 2.94. The number of aliphatic hydroxyl groups is 1. The normalized spacial score (nSPS) is 17.6. The molecule has 1 aliphatic rings. The Morgan fingerprint density at radius 1 is 1.12 bits per heavy atom. The number of ether oxygens (including phenoxy) is 2. The summed E-state index contributed by atoms with van der Waals surface area (Å²) in [4.78, 5) is 0. The molecule has 0 saturated carbocycles. The zero-order chi connectivity index (χ0) is 17.1. The molecule has 2 aromatic carbocycles. The Labute approximate surface area is 147 Å². The highest BCUT2D eigenvalue weighted by atomic mass is 16.6. The number of hydrogen-bond donors (Lipinski definition) is 1. The Kier molecular flexibility index (Phi) is 4.72. The van der Waals surface area contributed by atoms with E-state index in [1.54, 1.807) is 0 Å². The Hall–Kier alpha value is -2.30. The van der Waals surface area contributed by atoms with Crippen LogP contribution in [-0.2, 0) is 4.74 Å². The molecule has 2 atom stereocenters. The van der Waals surface area contributed by atoms with Gasteiger partial charge in [-0.05, 0) is 31.0 Å². The molecule has 1 fully saturated rings. The Morgan fingerprint density at radius 2 is 1.96 bits per heavy atom. The quantitative estimate of drug-likeness (QED) is 0.623. The second-order valence-electron chi connectivity index (χ2n) is 6.57. The van der Waals surface area contributed by atoms with Crippen molar-refractivity contribution in [3.05, 3.63) is 54.6 Å². The smallest absolute Gasteiger partial charge is 0.138 e. The van der Waals surface area contributed by atoms with Crippen molar-refractivity contribution >= 4 is 11.0 Å². The van der Waals surface area contributed by atoms with Gasteiger partial charge in [0.25, 0.3) is 0 Å². The maximum Gasteiger partial charge on any atom is 0.138 e. The van der Waals surface area contributed by atoms with Gasteiger partial charge in [-0.3, -0.25) is 0 Å². The summed E-state index contributed by atoms with van der Waals surface area (Å²) in [5.41, 5.74) is 1.87. The summed E-state index contributed by atoms with van der Waals surface area (Å²) in [6.45, 7) is 1.49. The molecular weight excluding hydrogens is 316 g/mol. The maximum absolute atomic E-state index is 9.50. The van der Waals surface area contributed by atoms with Crippen molar-refractivity contribution in [1.82, 2.24) is 0 Å². The van der Waals surface area contributed by atoms with Crippen molar-refractivity contribution in [2.75, 3.05) is 19.8 Å². The number of benzene rings is 2. The van der Waals surface area contributed by atoms with Gasteiger partial charge in [0.1, 0.15) is 17.1 Å². The van der Waals surface area contributed by atoms with Crippen molar-refractivity contribution in [3.63, 3.8) is 0 Å². The highest BCUT2D eigenvalue weighted by Crippen LogP contribution is 2.30. The molecule has 4 nitrogen and oxygen atoms in total. The van der Waals surface area contributed by atoms with Crippen molar-refractivity contribution < 1.29 is 19.0 Å². The largest absolute Gasteiger partial charge is 0.493 e. The topological polar surface area (TPSA) is 55.1 Å². The zero-order valence-corrected chi connectivity index (χ0v) is 14.1. The summed E-state index contributed by atoms with van der Waals surface area (Å²) in [7, 11) is 0. The van der Waals surface area contributed by atoms with Gasteiger partial charge in [-0.1, -0.05) is 30.3 Å². The fraction of sp³-hybridized carbons (Fsp3) is 0.333. The summed E-state index contributed by atoms with van der Waals surface area (Å²) in [5.74, 6) is 1.75. The van der Waals surface area contributed by atoms with E-state index in [-0.39, 0.29) is 12.5 Å². The van der Waals surface area contributed by atoms with E-state index in [1.807, 2.05) is 54.6 Å². The molecule has 0 amide bonds. The Morgan fingerprint density at radius 3 is 2.72 bits per heavy atom. The van der Waals surface area contributed by atoms with E-state index < -0.39 is 0 Å². The molecule has 1 N–H and O–H groups in total. The minimum absolute atomic E-state index is 0.133. The van der Waals surface area contributed by atoms with E-state index >= 15 is 0 Å². The second-order valence-corrected chi connectivity index (χ2v) is 6.57. The first-order valence-electron chi connectivity index (χ1n) is 8.76. The number of fused-ring (bicyclic) bond motifs is 1. The van der Waals surface area contributed by atoms with Crippen LogP contribution in [-0.4, -0.2) is 31.0 Å². The minimum atomic E-state index is 0.133. The molecule has 1 saturated heterocycles. The molecule has 2 heterocycles. The van der Waals surface area contributed by atoms with Crippen LogP contribution >= 0.6 is 0 Å². The zero-order valence-electron chi connectivity index (χ0n) is 14.1. The lowest BCUT2D eigenvalue weighted by Crippen LogP contribution is -2.16. The lowest BCUT2D eigenvalue weighted by Gasteiger charge is -2.14. The molecule has 2 unspecified atom stereocenters. The number of epoxide rings is 1. The Balaban J connectivity index is 1.43. The first-order chi connectivity index (χ1) is 12.3. The molecule has 4 heteroatoms. The van der Waals surface area contributed by atoms with Gasteiger partial charge in [0.2, 0.25) is 0 Å². The van der Waals surface area contributed by atoms with Gasteiger partial charge in [-0.2, -0.15) is 0 Å². The molecule has 130 valence electrons. The molecule has 4 rings (SSSR count). The first kappa shape index (κ1) is 16.2. The summed E-state index contributed by atoms with van der Waals surface area (Å²) in [6.07, 6.45) is 2.30. The number of furan rings is 1. The monoisotopic (exact) mass is 338 g/mol. The summed E-state index contributed by atoms with van der Waals surface area (Å²) in [6, 6.07) is 18.0. The highest BCUT2D eigenvalue weighted by molar-refractivity contribution is 5.83. The molecular formula is C21H22O4. The molecule has 25 heavy (non-hydrogen) atoms. The van der Waals surface area contributed by atoms with Crippen LogP contribution in [0.4, 0.5) is 0 Å². The van der Waals surface area contributed by atoms with Crippen LogP contribution < -0.4 is 4.74 Å². The van der Waals surface area contributed by atoms with Gasteiger partial charge in [0.15, 0.2) is 0 Å². The van der Waals surface area contributed by atoms with Crippen molar-refractivity contribution in [2.24, 2.45) is 5.92 Å². The van der Waals surface area contributed by atoms with Gasteiger partial charge in [0.05, 0.1) is 19.3 Å². The predicted octanol–water partition coefficient (Wildman–Crippen LogP) is 4.27. The fourth-order valence-electron chi connectivity index (χ4n) is 2.94. The third-order valence-corrected chi connectivity index (χ3v) is 4.59. The van der Waals surface area contributed by atoms with Crippen LogP contribution in [0.25, 0.3) is 22.3 Å². The predicted molar refractivity (Wildman–Crippen MR) is 96.7 cm³/mol. The SMILES string of the molecule is OCC(CCC1CO1)COc1ccc2cc(-c3ccccc3)oc2c1. The van der Waals surface area contributed by atoms with E-state index in [4.69, 9.17) is 13.9 Å². The molecule has 0 bridgehead atoms. The average Bonchev–Trinajstić information content (AvgIpc) is 3.39. The van der Waals surface area contributed by atoms with Crippen LogP contribution in [0.15, 0.2) is 59.0 Å². The van der Waals surface area contributed by atoms with Gasteiger partial charge in [-0.15, -0.1) is 0 Å². The van der Waals surface area contributed by atoms with Crippen LogP contribution in [0.5, 0.6) is 5.75 Å². The summed E-state index contributed by atoms with van der Waals surface area (Å²) < 4.78 is 17.1. The maximum atomic E-state index is 9.50. The standard InChI is InChI=1S/C21H22O4/c22-12-15(6-8-19-14-24-19)13-23-18-9-7-17-10-20(25-21(17)11-18)16-4-2-1-3-5-16/h1-5,7,9-11,15,19,22H,6,8,12-14H2. The molecule has 1 aromatic heterocycles. The number of rotatable bonds is 8. The molecule has 0 spiro atoms. The van der Waals surface area contributed by atoms with E-state index in [0.29, 0.717) is 12.7 Å². The van der Waals surface area contributed by atoms with E-state index in [9.17, 15) is 5.11 Å². The van der Waals surface area contributed by atoms with Crippen LogP contribution in [0, 0.1) is 5.92 Å².